The molecule has 1 N–H and O–H groups in total. The van der Waals surface area contributed by atoms with Crippen molar-refractivity contribution in [1.82, 2.24) is 4.98 Å². The number of hydrogen-bond acceptors (Lipinski definition) is 2. The lowest BCUT2D eigenvalue weighted by atomic mass is 10.2. The molecule has 3 heteroatoms. The van der Waals surface area contributed by atoms with Crippen LogP contribution in [0.3, 0.4) is 0 Å². The third kappa shape index (κ3) is 2.35. The molecule has 0 radical (unpaired) electrons. The monoisotopic (exact) mass is 242 g/mol. The lowest BCUT2D eigenvalue weighted by Gasteiger charge is -2.07. The van der Waals surface area contributed by atoms with Crippen LogP contribution < -0.4 is 5.32 Å². The van der Waals surface area contributed by atoms with Crippen LogP contribution in [0.1, 0.15) is 23.2 Å². The maximum Gasteiger partial charge on any atom is 0.126 e. The maximum atomic E-state index is 13.0. The molecule has 0 aliphatic heterocycles. The van der Waals surface area contributed by atoms with Gasteiger partial charge in [-0.1, -0.05) is 18.2 Å². The van der Waals surface area contributed by atoms with Gasteiger partial charge < -0.3 is 5.32 Å². The highest BCUT2D eigenvalue weighted by molar-refractivity contribution is 5.41. The molecule has 1 aliphatic carbocycles. The molecule has 0 amide bonds. The smallest absolute Gasteiger partial charge is 0.126 e. The van der Waals surface area contributed by atoms with Crippen LogP contribution in [-0.2, 0) is 19.4 Å². The molecular weight excluding hydrogens is 227 g/mol. The van der Waals surface area contributed by atoms with Gasteiger partial charge in [-0.25, -0.2) is 9.37 Å². The molecule has 1 aromatic carbocycles. The molecule has 0 fully saturated rings. The third-order valence-corrected chi connectivity index (χ3v) is 3.29. The highest BCUT2D eigenvalue weighted by Crippen LogP contribution is 2.21. The van der Waals surface area contributed by atoms with E-state index in [0.29, 0.717) is 6.54 Å². The van der Waals surface area contributed by atoms with Gasteiger partial charge in [-0.2, -0.15) is 0 Å². The van der Waals surface area contributed by atoms with E-state index >= 15 is 0 Å². The Morgan fingerprint density at radius 2 is 2.11 bits per heavy atom. The number of fused-ring (bicyclic) bond motifs is 1. The Hall–Kier alpha value is -1.90. The SMILES string of the molecule is Fc1cccc(CNc2ccc3c(n2)CCC3)c1. The minimum Gasteiger partial charge on any atom is -0.366 e. The second kappa shape index (κ2) is 4.77. The fraction of sp³-hybridized carbons (Fsp3) is 0.267. The standard InChI is InChI=1S/C15H15FN2/c16-13-5-1-3-11(9-13)10-17-15-8-7-12-4-2-6-14(12)18-15/h1,3,5,7-9H,2,4,6,10H2,(H,17,18). The number of aryl methyl sites for hydroxylation is 2. The second-order valence-electron chi connectivity index (χ2n) is 4.64. The molecule has 1 heterocycles. The molecule has 0 bridgehead atoms. The molecule has 92 valence electrons. The van der Waals surface area contributed by atoms with Crippen LogP contribution in [0.25, 0.3) is 0 Å². The molecule has 2 nitrogen and oxygen atoms in total. The zero-order valence-electron chi connectivity index (χ0n) is 10.1. The van der Waals surface area contributed by atoms with Crippen LogP contribution in [0.2, 0.25) is 0 Å². The number of rotatable bonds is 3. The van der Waals surface area contributed by atoms with Crippen LogP contribution >= 0.6 is 0 Å². The molecule has 3 rings (SSSR count). The van der Waals surface area contributed by atoms with Crippen molar-refractivity contribution in [2.24, 2.45) is 0 Å². The van der Waals surface area contributed by atoms with Gasteiger partial charge in [0.15, 0.2) is 0 Å². The second-order valence-corrected chi connectivity index (χ2v) is 4.64. The van der Waals surface area contributed by atoms with Crippen LogP contribution in [0.5, 0.6) is 0 Å². The number of hydrogen-bond donors (Lipinski definition) is 1. The predicted molar refractivity (Wildman–Crippen MR) is 70.0 cm³/mol. The summed E-state index contributed by atoms with van der Waals surface area (Å²) in [5.74, 6) is 0.677. The molecule has 1 aliphatic rings. The lowest BCUT2D eigenvalue weighted by Crippen LogP contribution is -2.03. The minimum absolute atomic E-state index is 0.198. The summed E-state index contributed by atoms with van der Waals surface area (Å²) in [5.41, 5.74) is 3.50. The Labute approximate surface area is 106 Å². The Morgan fingerprint density at radius 3 is 3.00 bits per heavy atom. The van der Waals surface area contributed by atoms with Crippen molar-refractivity contribution in [3.05, 3.63) is 59.0 Å². The highest BCUT2D eigenvalue weighted by atomic mass is 19.1. The predicted octanol–water partition coefficient (Wildman–Crippen LogP) is 3.32. The number of pyridine rings is 1. The van der Waals surface area contributed by atoms with Crippen LogP contribution in [0.15, 0.2) is 36.4 Å². The summed E-state index contributed by atoms with van der Waals surface area (Å²) in [7, 11) is 0. The Morgan fingerprint density at radius 1 is 1.17 bits per heavy atom. The molecule has 0 saturated carbocycles. The van der Waals surface area contributed by atoms with Crippen molar-refractivity contribution < 1.29 is 4.39 Å². The zero-order valence-corrected chi connectivity index (χ0v) is 10.1. The van der Waals surface area contributed by atoms with Crippen LogP contribution in [-0.4, -0.2) is 4.98 Å². The molecular formula is C15H15FN2. The van der Waals surface area contributed by atoms with Crippen LogP contribution in [0, 0.1) is 5.82 Å². The van der Waals surface area contributed by atoms with Crippen molar-refractivity contribution in [2.75, 3.05) is 5.32 Å². The Bertz CT molecular complexity index is 566. The number of anilines is 1. The van der Waals surface area contributed by atoms with E-state index in [9.17, 15) is 4.39 Å². The summed E-state index contributed by atoms with van der Waals surface area (Å²) in [5, 5.41) is 3.24. The first-order chi connectivity index (χ1) is 8.81. The molecule has 18 heavy (non-hydrogen) atoms. The first-order valence-electron chi connectivity index (χ1n) is 6.28. The fourth-order valence-corrected chi connectivity index (χ4v) is 2.36. The van der Waals surface area contributed by atoms with E-state index < -0.39 is 0 Å². The summed E-state index contributed by atoms with van der Waals surface area (Å²) in [6.07, 6.45) is 3.42. The summed E-state index contributed by atoms with van der Waals surface area (Å²) >= 11 is 0. The number of halogens is 1. The Balaban J connectivity index is 1.70. The summed E-state index contributed by atoms with van der Waals surface area (Å²) in [6, 6.07) is 10.8. The van der Waals surface area contributed by atoms with Gasteiger partial charge in [-0.3, -0.25) is 0 Å². The van der Waals surface area contributed by atoms with E-state index in [1.54, 1.807) is 12.1 Å². The number of nitrogens with zero attached hydrogens (tertiary/aromatic N) is 1. The number of aromatic nitrogens is 1. The quantitative estimate of drug-likeness (QED) is 0.893. The zero-order chi connectivity index (χ0) is 12.4. The largest absolute Gasteiger partial charge is 0.366 e. The Kier molecular flexibility index (Phi) is 2.97. The van der Waals surface area contributed by atoms with Gasteiger partial charge in [0.05, 0.1) is 0 Å². The average Bonchev–Trinajstić information content (AvgIpc) is 2.84. The third-order valence-electron chi connectivity index (χ3n) is 3.29. The van der Waals surface area contributed by atoms with Gasteiger partial charge in [0.2, 0.25) is 0 Å². The normalized spacial score (nSPS) is 13.4. The van der Waals surface area contributed by atoms with Crippen molar-refractivity contribution in [1.29, 1.82) is 0 Å². The summed E-state index contributed by atoms with van der Waals surface area (Å²) in [6.45, 7) is 0.601. The van der Waals surface area contributed by atoms with E-state index in [4.69, 9.17) is 0 Å². The van der Waals surface area contributed by atoms with Crippen molar-refractivity contribution in [2.45, 2.75) is 25.8 Å². The molecule has 0 atom stereocenters. The molecule has 2 aromatic rings. The molecule has 0 unspecified atom stereocenters. The number of nitrogens with one attached hydrogen (secondary N) is 1. The topological polar surface area (TPSA) is 24.9 Å². The summed E-state index contributed by atoms with van der Waals surface area (Å²) in [4.78, 5) is 4.59. The number of benzene rings is 1. The van der Waals surface area contributed by atoms with E-state index in [2.05, 4.69) is 16.4 Å². The van der Waals surface area contributed by atoms with Gasteiger partial charge in [0.25, 0.3) is 0 Å². The maximum absolute atomic E-state index is 13.0. The first-order valence-corrected chi connectivity index (χ1v) is 6.28. The van der Waals surface area contributed by atoms with E-state index in [1.807, 2.05) is 12.1 Å². The van der Waals surface area contributed by atoms with Crippen molar-refractivity contribution in [3.63, 3.8) is 0 Å². The van der Waals surface area contributed by atoms with Crippen molar-refractivity contribution >= 4 is 5.82 Å². The van der Waals surface area contributed by atoms with E-state index in [0.717, 1.165) is 24.2 Å². The van der Waals surface area contributed by atoms with Gasteiger partial charge in [0.1, 0.15) is 11.6 Å². The summed E-state index contributed by atoms with van der Waals surface area (Å²) < 4.78 is 13.0. The molecule has 0 spiro atoms. The molecule has 0 saturated heterocycles. The first kappa shape index (κ1) is 11.2. The van der Waals surface area contributed by atoms with E-state index in [-0.39, 0.29) is 5.82 Å². The average molecular weight is 242 g/mol. The highest BCUT2D eigenvalue weighted by Gasteiger charge is 2.12. The lowest BCUT2D eigenvalue weighted by molar-refractivity contribution is 0.626. The van der Waals surface area contributed by atoms with Gasteiger partial charge in [0, 0.05) is 12.2 Å². The fourth-order valence-electron chi connectivity index (χ4n) is 2.36. The van der Waals surface area contributed by atoms with Crippen LogP contribution in [0.4, 0.5) is 10.2 Å². The molecule has 1 aromatic heterocycles. The van der Waals surface area contributed by atoms with Gasteiger partial charge >= 0.3 is 0 Å². The van der Waals surface area contributed by atoms with Gasteiger partial charge in [-0.05, 0) is 48.6 Å². The van der Waals surface area contributed by atoms with Crippen molar-refractivity contribution in [3.8, 4) is 0 Å². The minimum atomic E-state index is -0.198. The van der Waals surface area contributed by atoms with Gasteiger partial charge in [-0.15, -0.1) is 0 Å². The van der Waals surface area contributed by atoms with E-state index in [1.165, 1.54) is 23.7 Å².